The summed E-state index contributed by atoms with van der Waals surface area (Å²) in [6.45, 7) is 7.14. The quantitative estimate of drug-likeness (QED) is 0.634. The Bertz CT molecular complexity index is 292. The Morgan fingerprint density at radius 3 is 2.65 bits per heavy atom. The highest BCUT2D eigenvalue weighted by molar-refractivity contribution is 5.14. The number of aryl methyl sites for hydroxylation is 1. The number of rotatable bonds is 9. The fraction of sp³-hybridized carbons (Fsp3) is 0.500. The second-order valence-electron chi connectivity index (χ2n) is 4.54. The first-order valence-corrected chi connectivity index (χ1v) is 6.75. The molecule has 1 heteroatoms. The van der Waals surface area contributed by atoms with E-state index in [0.717, 1.165) is 13.0 Å². The van der Waals surface area contributed by atoms with Gasteiger partial charge in [-0.25, -0.2) is 0 Å². The summed E-state index contributed by atoms with van der Waals surface area (Å²) in [6.07, 6.45) is 7.92. The van der Waals surface area contributed by atoms with Crippen molar-refractivity contribution in [3.8, 4) is 0 Å². The van der Waals surface area contributed by atoms with Crippen molar-refractivity contribution in [2.45, 2.75) is 45.1 Å². The van der Waals surface area contributed by atoms with Crippen LogP contribution >= 0.6 is 0 Å². The Balaban J connectivity index is 2.34. The normalized spacial score (nSPS) is 12.3. The summed E-state index contributed by atoms with van der Waals surface area (Å²) in [7, 11) is 0. The zero-order valence-corrected chi connectivity index (χ0v) is 11.0. The molecule has 1 rings (SSSR count). The molecular weight excluding hydrogens is 206 g/mol. The number of hydrogen-bond donors (Lipinski definition) is 1. The minimum Gasteiger partial charge on any atom is -0.314 e. The van der Waals surface area contributed by atoms with Crippen LogP contribution in [0, 0.1) is 0 Å². The molecule has 1 nitrogen and oxygen atoms in total. The van der Waals surface area contributed by atoms with Gasteiger partial charge in [-0.2, -0.15) is 0 Å². The van der Waals surface area contributed by atoms with E-state index in [1.54, 1.807) is 0 Å². The van der Waals surface area contributed by atoms with Crippen LogP contribution < -0.4 is 5.32 Å². The highest BCUT2D eigenvalue weighted by Gasteiger charge is 2.06. The van der Waals surface area contributed by atoms with E-state index in [1.807, 2.05) is 6.08 Å². The smallest absolute Gasteiger partial charge is 0.00731 e. The van der Waals surface area contributed by atoms with E-state index in [2.05, 4.69) is 49.2 Å². The molecule has 17 heavy (non-hydrogen) atoms. The first-order chi connectivity index (χ1) is 8.36. The van der Waals surface area contributed by atoms with Crippen molar-refractivity contribution in [1.29, 1.82) is 0 Å². The predicted molar refractivity (Wildman–Crippen MR) is 76.3 cm³/mol. The predicted octanol–water partition coefficient (Wildman–Crippen LogP) is 3.95. The third-order valence-corrected chi connectivity index (χ3v) is 3.03. The summed E-state index contributed by atoms with van der Waals surface area (Å²) < 4.78 is 0. The number of nitrogens with one attached hydrogen (secondary N) is 1. The molecule has 0 aliphatic heterocycles. The van der Waals surface area contributed by atoms with E-state index >= 15 is 0 Å². The molecular formula is C16H25N. The van der Waals surface area contributed by atoms with Gasteiger partial charge in [0.2, 0.25) is 0 Å². The molecule has 0 fully saturated rings. The van der Waals surface area contributed by atoms with Crippen LogP contribution in [0.3, 0.4) is 0 Å². The van der Waals surface area contributed by atoms with Crippen LogP contribution in [0.4, 0.5) is 0 Å². The lowest BCUT2D eigenvalue weighted by Gasteiger charge is -2.17. The van der Waals surface area contributed by atoms with Crippen LogP contribution in [0.15, 0.2) is 43.0 Å². The summed E-state index contributed by atoms with van der Waals surface area (Å²) in [6, 6.07) is 11.4. The molecule has 0 aliphatic carbocycles. The standard InChI is InChI=1S/C16H25N/c1-3-5-11-16(17-14-4-2)13-12-15-9-7-6-8-10-15/h3,6-10,16-17H,1,4-5,11-14H2,2H3. The van der Waals surface area contributed by atoms with Crippen molar-refractivity contribution < 1.29 is 0 Å². The Morgan fingerprint density at radius 1 is 1.24 bits per heavy atom. The van der Waals surface area contributed by atoms with E-state index < -0.39 is 0 Å². The second-order valence-corrected chi connectivity index (χ2v) is 4.54. The molecule has 0 saturated heterocycles. The molecule has 1 N–H and O–H groups in total. The molecule has 0 radical (unpaired) electrons. The molecule has 0 spiro atoms. The van der Waals surface area contributed by atoms with Gasteiger partial charge in [-0.3, -0.25) is 0 Å². The lowest BCUT2D eigenvalue weighted by molar-refractivity contribution is 0.456. The summed E-state index contributed by atoms with van der Waals surface area (Å²) in [5, 5.41) is 3.63. The topological polar surface area (TPSA) is 12.0 Å². The van der Waals surface area contributed by atoms with Crippen molar-refractivity contribution in [3.05, 3.63) is 48.6 Å². The lowest BCUT2D eigenvalue weighted by atomic mass is 10.0. The van der Waals surface area contributed by atoms with Crippen LogP contribution in [0.2, 0.25) is 0 Å². The maximum Gasteiger partial charge on any atom is 0.00731 e. The molecule has 1 unspecified atom stereocenters. The Kier molecular flexibility index (Phi) is 7.40. The van der Waals surface area contributed by atoms with Gasteiger partial charge in [0, 0.05) is 6.04 Å². The maximum absolute atomic E-state index is 3.80. The molecule has 1 atom stereocenters. The third kappa shape index (κ3) is 6.28. The molecule has 0 aromatic heterocycles. The largest absolute Gasteiger partial charge is 0.314 e. The lowest BCUT2D eigenvalue weighted by Crippen LogP contribution is -2.30. The van der Waals surface area contributed by atoms with Gasteiger partial charge in [-0.1, -0.05) is 43.3 Å². The minimum absolute atomic E-state index is 0.633. The molecule has 1 aromatic rings. The van der Waals surface area contributed by atoms with Gasteiger partial charge >= 0.3 is 0 Å². The van der Waals surface area contributed by atoms with E-state index in [-0.39, 0.29) is 0 Å². The van der Waals surface area contributed by atoms with Crippen molar-refractivity contribution in [2.24, 2.45) is 0 Å². The highest BCUT2D eigenvalue weighted by atomic mass is 14.9. The van der Waals surface area contributed by atoms with Crippen molar-refractivity contribution in [3.63, 3.8) is 0 Å². The summed E-state index contributed by atoms with van der Waals surface area (Å²) in [5.74, 6) is 0. The monoisotopic (exact) mass is 231 g/mol. The van der Waals surface area contributed by atoms with Gasteiger partial charge in [-0.15, -0.1) is 6.58 Å². The minimum atomic E-state index is 0.633. The zero-order chi connectivity index (χ0) is 12.3. The Labute approximate surface area is 106 Å². The van der Waals surface area contributed by atoms with Crippen molar-refractivity contribution >= 4 is 0 Å². The van der Waals surface area contributed by atoms with Gasteiger partial charge in [0.1, 0.15) is 0 Å². The van der Waals surface area contributed by atoms with Gasteiger partial charge in [0.15, 0.2) is 0 Å². The number of allylic oxidation sites excluding steroid dienone is 1. The van der Waals surface area contributed by atoms with Crippen LogP contribution in [-0.4, -0.2) is 12.6 Å². The van der Waals surface area contributed by atoms with E-state index in [1.165, 1.54) is 31.2 Å². The van der Waals surface area contributed by atoms with Gasteiger partial charge in [0.05, 0.1) is 0 Å². The average Bonchev–Trinajstić information content (AvgIpc) is 2.39. The van der Waals surface area contributed by atoms with E-state index in [4.69, 9.17) is 0 Å². The summed E-state index contributed by atoms with van der Waals surface area (Å²) >= 11 is 0. The van der Waals surface area contributed by atoms with E-state index in [0.29, 0.717) is 6.04 Å². The van der Waals surface area contributed by atoms with Crippen LogP contribution in [0.1, 0.15) is 38.2 Å². The van der Waals surface area contributed by atoms with Gasteiger partial charge in [0.25, 0.3) is 0 Å². The van der Waals surface area contributed by atoms with Crippen molar-refractivity contribution in [2.75, 3.05) is 6.54 Å². The molecule has 1 aromatic carbocycles. The van der Waals surface area contributed by atoms with Crippen LogP contribution in [-0.2, 0) is 6.42 Å². The average molecular weight is 231 g/mol. The fourth-order valence-corrected chi connectivity index (χ4v) is 2.00. The molecule has 0 heterocycles. The Hall–Kier alpha value is -1.08. The van der Waals surface area contributed by atoms with Gasteiger partial charge in [-0.05, 0) is 44.2 Å². The molecule has 0 aliphatic rings. The fourth-order valence-electron chi connectivity index (χ4n) is 2.00. The van der Waals surface area contributed by atoms with Crippen LogP contribution in [0.25, 0.3) is 0 Å². The maximum atomic E-state index is 3.80. The molecule has 0 amide bonds. The van der Waals surface area contributed by atoms with Crippen LogP contribution in [0.5, 0.6) is 0 Å². The molecule has 0 bridgehead atoms. The zero-order valence-electron chi connectivity index (χ0n) is 11.0. The highest BCUT2D eigenvalue weighted by Crippen LogP contribution is 2.09. The number of hydrogen-bond acceptors (Lipinski definition) is 1. The Morgan fingerprint density at radius 2 is 2.00 bits per heavy atom. The van der Waals surface area contributed by atoms with E-state index in [9.17, 15) is 0 Å². The third-order valence-electron chi connectivity index (χ3n) is 3.03. The number of benzene rings is 1. The molecule has 0 saturated carbocycles. The first kappa shape index (κ1) is 14.0. The second kappa shape index (κ2) is 9.00. The van der Waals surface area contributed by atoms with Crippen molar-refractivity contribution in [1.82, 2.24) is 5.32 Å². The summed E-state index contributed by atoms with van der Waals surface area (Å²) in [5.41, 5.74) is 1.44. The molecule has 94 valence electrons. The van der Waals surface area contributed by atoms with Gasteiger partial charge < -0.3 is 5.32 Å². The SMILES string of the molecule is C=CCCC(CCc1ccccc1)NCCC. The summed E-state index contributed by atoms with van der Waals surface area (Å²) in [4.78, 5) is 0. The first-order valence-electron chi connectivity index (χ1n) is 6.75.